The van der Waals surface area contributed by atoms with Crippen molar-refractivity contribution >= 4 is 29.2 Å². The van der Waals surface area contributed by atoms with Gasteiger partial charge in [0.05, 0.1) is 17.4 Å². The van der Waals surface area contributed by atoms with Crippen molar-refractivity contribution < 1.29 is 27.6 Å². The highest BCUT2D eigenvalue weighted by Crippen LogP contribution is 2.43. The molecule has 1 aromatic heterocycles. The summed E-state index contributed by atoms with van der Waals surface area (Å²) < 4.78 is 41.8. The van der Waals surface area contributed by atoms with Gasteiger partial charge in [-0.25, -0.2) is 4.68 Å². The third-order valence-corrected chi connectivity index (χ3v) is 7.21. The average Bonchev–Trinajstić information content (AvgIpc) is 3.42. The molecule has 1 aliphatic heterocycles. The van der Waals surface area contributed by atoms with E-state index in [1.165, 1.54) is 11.0 Å². The second-order valence-corrected chi connectivity index (χ2v) is 10.1. The number of para-hydroxylation sites is 2. The normalized spacial score (nSPS) is 16.4. The number of hydrogen-bond acceptors (Lipinski definition) is 4. The molecule has 43 heavy (non-hydrogen) atoms. The molecule has 220 valence electrons. The number of nitrogens with zero attached hydrogens (tertiary/aromatic N) is 3. The van der Waals surface area contributed by atoms with Gasteiger partial charge in [0.15, 0.2) is 0 Å². The molecular formula is C32H28F3N5O3. The zero-order valence-corrected chi connectivity index (χ0v) is 23.4. The van der Waals surface area contributed by atoms with Crippen LogP contribution in [0.2, 0.25) is 0 Å². The summed E-state index contributed by atoms with van der Waals surface area (Å²) in [7, 11) is 0. The number of amides is 3. The summed E-state index contributed by atoms with van der Waals surface area (Å²) >= 11 is 0. The van der Waals surface area contributed by atoms with E-state index in [9.17, 15) is 27.6 Å². The summed E-state index contributed by atoms with van der Waals surface area (Å²) in [6.07, 6.45) is -3.05. The minimum absolute atomic E-state index is 0.223. The SMILES string of the molecule is C=C(C)C(=O)Nc1ccccc1[C@H]1c2cnn(-c3ccccc3)c2N(CC)C(=O)[C@@H]1NC(=O)c1cccc(C(F)(F)F)c1. The van der Waals surface area contributed by atoms with Crippen LogP contribution in [0.5, 0.6) is 0 Å². The van der Waals surface area contributed by atoms with Crippen LogP contribution in [-0.2, 0) is 15.8 Å². The number of fused-ring (bicyclic) bond motifs is 1. The highest BCUT2D eigenvalue weighted by Gasteiger charge is 2.45. The molecule has 0 fully saturated rings. The maximum Gasteiger partial charge on any atom is 0.416 e. The average molecular weight is 588 g/mol. The summed E-state index contributed by atoms with van der Waals surface area (Å²) in [6.45, 7) is 7.24. The van der Waals surface area contributed by atoms with Crippen LogP contribution >= 0.6 is 0 Å². The molecule has 11 heteroatoms. The number of halogens is 3. The minimum Gasteiger partial charge on any atom is -0.339 e. The Morgan fingerprint density at radius 1 is 0.977 bits per heavy atom. The fourth-order valence-electron chi connectivity index (χ4n) is 5.17. The number of carbonyl (C=O) groups excluding carboxylic acids is 3. The molecule has 0 saturated carbocycles. The van der Waals surface area contributed by atoms with Crippen LogP contribution in [0.1, 0.15) is 46.8 Å². The van der Waals surface area contributed by atoms with Crippen molar-refractivity contribution in [1.29, 1.82) is 0 Å². The van der Waals surface area contributed by atoms with Crippen molar-refractivity contribution in [3.63, 3.8) is 0 Å². The number of alkyl halides is 3. The van der Waals surface area contributed by atoms with Gasteiger partial charge in [0.1, 0.15) is 11.9 Å². The topological polar surface area (TPSA) is 96.3 Å². The minimum atomic E-state index is -4.65. The number of likely N-dealkylation sites (N-methyl/N-ethyl adjacent to an activating group) is 1. The number of hydrogen-bond donors (Lipinski definition) is 2. The maximum atomic E-state index is 14.2. The lowest BCUT2D eigenvalue weighted by atomic mass is 9.81. The summed E-state index contributed by atoms with van der Waals surface area (Å²) in [6, 6.07) is 18.8. The van der Waals surface area contributed by atoms with Crippen molar-refractivity contribution in [3.8, 4) is 5.69 Å². The van der Waals surface area contributed by atoms with E-state index in [2.05, 4.69) is 22.3 Å². The number of carbonyl (C=O) groups is 3. The molecule has 0 saturated heterocycles. The van der Waals surface area contributed by atoms with E-state index in [1.807, 2.05) is 30.3 Å². The number of anilines is 2. The van der Waals surface area contributed by atoms with Crippen molar-refractivity contribution in [3.05, 3.63) is 119 Å². The van der Waals surface area contributed by atoms with Gasteiger partial charge in [-0.15, -0.1) is 0 Å². The second-order valence-electron chi connectivity index (χ2n) is 10.1. The van der Waals surface area contributed by atoms with Gasteiger partial charge < -0.3 is 10.6 Å². The van der Waals surface area contributed by atoms with Gasteiger partial charge in [0, 0.05) is 34.9 Å². The first-order valence-electron chi connectivity index (χ1n) is 13.5. The Bertz CT molecular complexity index is 1710. The Balaban J connectivity index is 1.67. The van der Waals surface area contributed by atoms with Gasteiger partial charge in [0.25, 0.3) is 17.7 Å². The molecule has 2 heterocycles. The zero-order chi connectivity index (χ0) is 30.9. The molecule has 0 radical (unpaired) electrons. The molecular weight excluding hydrogens is 559 g/mol. The summed E-state index contributed by atoms with van der Waals surface area (Å²) in [5.41, 5.74) is 1.19. The monoisotopic (exact) mass is 587 g/mol. The summed E-state index contributed by atoms with van der Waals surface area (Å²) in [5, 5.41) is 10.1. The first kappa shape index (κ1) is 29.3. The predicted molar refractivity (Wildman–Crippen MR) is 156 cm³/mol. The predicted octanol–water partition coefficient (Wildman–Crippen LogP) is 5.70. The van der Waals surface area contributed by atoms with Crippen LogP contribution in [0.25, 0.3) is 5.69 Å². The third-order valence-electron chi connectivity index (χ3n) is 7.21. The van der Waals surface area contributed by atoms with Crippen LogP contribution in [0.4, 0.5) is 24.7 Å². The summed E-state index contributed by atoms with van der Waals surface area (Å²) in [5.74, 6) is -2.16. The van der Waals surface area contributed by atoms with Crippen LogP contribution in [0.15, 0.2) is 97.2 Å². The number of benzene rings is 3. The number of rotatable bonds is 7. The van der Waals surface area contributed by atoms with E-state index in [4.69, 9.17) is 0 Å². The van der Waals surface area contributed by atoms with E-state index in [1.54, 1.807) is 49.0 Å². The number of nitrogens with one attached hydrogen (secondary N) is 2. The van der Waals surface area contributed by atoms with E-state index in [0.29, 0.717) is 28.3 Å². The highest BCUT2D eigenvalue weighted by molar-refractivity contribution is 6.06. The maximum absolute atomic E-state index is 14.2. The molecule has 0 spiro atoms. The first-order chi connectivity index (χ1) is 20.5. The second kappa shape index (κ2) is 11.6. The smallest absolute Gasteiger partial charge is 0.339 e. The first-order valence-corrected chi connectivity index (χ1v) is 13.5. The van der Waals surface area contributed by atoms with Gasteiger partial charge in [-0.3, -0.25) is 19.3 Å². The van der Waals surface area contributed by atoms with Crippen molar-refractivity contribution in [2.75, 3.05) is 16.8 Å². The Morgan fingerprint density at radius 3 is 2.35 bits per heavy atom. The van der Waals surface area contributed by atoms with Crippen LogP contribution in [0.3, 0.4) is 0 Å². The molecule has 0 aliphatic carbocycles. The van der Waals surface area contributed by atoms with E-state index in [-0.39, 0.29) is 17.7 Å². The molecule has 0 unspecified atom stereocenters. The Morgan fingerprint density at radius 2 is 1.67 bits per heavy atom. The molecule has 5 rings (SSSR count). The van der Waals surface area contributed by atoms with E-state index >= 15 is 0 Å². The molecule has 4 aromatic rings. The highest BCUT2D eigenvalue weighted by atomic mass is 19.4. The summed E-state index contributed by atoms with van der Waals surface area (Å²) in [4.78, 5) is 41.8. The molecule has 8 nitrogen and oxygen atoms in total. The Hall–Kier alpha value is -5.19. The van der Waals surface area contributed by atoms with Crippen LogP contribution < -0.4 is 15.5 Å². The molecule has 0 bridgehead atoms. The van der Waals surface area contributed by atoms with Crippen molar-refractivity contribution in [2.45, 2.75) is 32.0 Å². The molecule has 1 aliphatic rings. The Labute approximate surface area is 245 Å². The van der Waals surface area contributed by atoms with Gasteiger partial charge in [-0.2, -0.15) is 18.3 Å². The molecule has 3 amide bonds. The molecule has 2 N–H and O–H groups in total. The van der Waals surface area contributed by atoms with Crippen LogP contribution in [0, 0.1) is 0 Å². The van der Waals surface area contributed by atoms with Gasteiger partial charge >= 0.3 is 6.18 Å². The largest absolute Gasteiger partial charge is 0.416 e. The third kappa shape index (κ3) is 5.66. The van der Waals surface area contributed by atoms with Crippen molar-refractivity contribution in [2.24, 2.45) is 0 Å². The fraction of sp³-hybridized carbons (Fsp3) is 0.188. The lowest BCUT2D eigenvalue weighted by Crippen LogP contribution is -2.55. The fourth-order valence-corrected chi connectivity index (χ4v) is 5.17. The number of aromatic nitrogens is 2. The van der Waals surface area contributed by atoms with E-state index in [0.717, 1.165) is 18.2 Å². The van der Waals surface area contributed by atoms with Gasteiger partial charge in [-0.1, -0.05) is 49.0 Å². The van der Waals surface area contributed by atoms with Crippen LogP contribution in [-0.4, -0.2) is 40.1 Å². The van der Waals surface area contributed by atoms with Crippen molar-refractivity contribution in [1.82, 2.24) is 15.1 Å². The lowest BCUT2D eigenvalue weighted by molar-refractivity contribution is -0.137. The lowest BCUT2D eigenvalue weighted by Gasteiger charge is -2.38. The molecule has 3 aromatic carbocycles. The standard InChI is InChI=1S/C32H28F3N5O3/c1-4-39-30-24(18-36-40(30)22-13-6-5-7-14-22)26(23-15-8-9-16-25(23)37-28(41)19(2)3)27(31(39)43)38-29(42)20-11-10-12-21(17-20)32(33,34)35/h5-18,26-27H,2,4H2,1,3H3,(H,37,41)(H,38,42)/t26-,27+/m0/s1. The quantitative estimate of drug-likeness (QED) is 0.271. The molecule has 2 atom stereocenters. The zero-order valence-electron chi connectivity index (χ0n) is 23.4. The van der Waals surface area contributed by atoms with E-state index < -0.39 is 41.4 Å². The Kier molecular flexibility index (Phi) is 7.90. The van der Waals surface area contributed by atoms with Gasteiger partial charge in [-0.05, 0) is 55.8 Å². The van der Waals surface area contributed by atoms with Gasteiger partial charge in [0.2, 0.25) is 0 Å².